The van der Waals surface area contributed by atoms with Gasteiger partial charge in [0, 0.05) is 12.0 Å². The lowest BCUT2D eigenvalue weighted by molar-refractivity contribution is 0.780. The zero-order chi connectivity index (χ0) is 14.0. The maximum atomic E-state index is 4.15. The second kappa shape index (κ2) is 8.02. The summed E-state index contributed by atoms with van der Waals surface area (Å²) in [6.07, 6.45) is 4.29. The summed E-state index contributed by atoms with van der Waals surface area (Å²) in [6.45, 7) is 4.15. The molecule has 0 aliphatic rings. The molecule has 0 aliphatic carbocycles. The molecule has 0 aromatic heterocycles. The lowest BCUT2D eigenvalue weighted by atomic mass is 10.0. The van der Waals surface area contributed by atoms with Crippen LogP contribution in [0.25, 0.3) is 5.57 Å². The van der Waals surface area contributed by atoms with Gasteiger partial charge in [0.2, 0.25) is 0 Å². The fourth-order valence-corrected chi connectivity index (χ4v) is 2.06. The fourth-order valence-electron chi connectivity index (χ4n) is 2.06. The van der Waals surface area contributed by atoms with Crippen LogP contribution in [0.5, 0.6) is 0 Å². The van der Waals surface area contributed by atoms with Gasteiger partial charge >= 0.3 is 0 Å². The number of allylic oxidation sites excluding steroid dienone is 1. The van der Waals surface area contributed by atoms with Gasteiger partial charge in [-0.25, -0.2) is 0 Å². The van der Waals surface area contributed by atoms with Crippen LogP contribution in [0.3, 0.4) is 0 Å². The third-order valence-corrected chi connectivity index (χ3v) is 3.22. The number of rotatable bonds is 5. The summed E-state index contributed by atoms with van der Waals surface area (Å²) in [6, 6.07) is 20.6. The third-order valence-electron chi connectivity index (χ3n) is 3.22. The Morgan fingerprint density at radius 2 is 1.50 bits per heavy atom. The van der Waals surface area contributed by atoms with Crippen LogP contribution < -0.4 is 0 Å². The quantitative estimate of drug-likeness (QED) is 0.504. The van der Waals surface area contributed by atoms with Crippen LogP contribution in [-0.2, 0) is 0 Å². The van der Waals surface area contributed by atoms with Crippen LogP contribution >= 0.6 is 0 Å². The van der Waals surface area contributed by atoms with Crippen molar-refractivity contribution in [1.82, 2.24) is 0 Å². The molecule has 0 nitrogen and oxygen atoms in total. The predicted octanol–water partition coefficient (Wildman–Crippen LogP) is 5.31. The Morgan fingerprint density at radius 1 is 0.850 bits per heavy atom. The van der Waals surface area contributed by atoms with Gasteiger partial charge in [-0.3, -0.25) is 0 Å². The number of benzene rings is 2. The third kappa shape index (κ3) is 4.78. The first-order valence-electron chi connectivity index (χ1n) is 7.13. The van der Waals surface area contributed by atoms with E-state index in [-0.39, 0.29) is 0 Å². The summed E-state index contributed by atoms with van der Waals surface area (Å²) in [4.78, 5) is 0. The average molecular weight is 260 g/mol. The van der Waals surface area contributed by atoms with Crippen LogP contribution in [0.4, 0.5) is 0 Å². The minimum atomic E-state index is 0.955. The van der Waals surface area contributed by atoms with Gasteiger partial charge in [-0.2, -0.15) is 0 Å². The first-order valence-corrected chi connectivity index (χ1v) is 7.13. The second-order valence-electron chi connectivity index (χ2n) is 4.84. The number of hydrogen-bond donors (Lipinski definition) is 0. The van der Waals surface area contributed by atoms with Crippen molar-refractivity contribution in [3.8, 4) is 11.8 Å². The molecule has 2 rings (SSSR count). The Bertz CT molecular complexity index is 582. The smallest absolute Gasteiger partial charge is 0.0245 e. The van der Waals surface area contributed by atoms with Crippen molar-refractivity contribution in [2.24, 2.45) is 0 Å². The van der Waals surface area contributed by atoms with Crippen molar-refractivity contribution in [3.63, 3.8) is 0 Å². The molecule has 0 saturated heterocycles. The van der Waals surface area contributed by atoms with Crippen LogP contribution in [0.1, 0.15) is 36.8 Å². The van der Waals surface area contributed by atoms with Crippen molar-refractivity contribution in [2.75, 3.05) is 0 Å². The van der Waals surface area contributed by atoms with Crippen molar-refractivity contribution in [1.29, 1.82) is 0 Å². The maximum absolute atomic E-state index is 4.15. The Kier molecular flexibility index (Phi) is 5.68. The molecule has 0 atom stereocenters. The van der Waals surface area contributed by atoms with Gasteiger partial charge in [0.25, 0.3) is 0 Å². The zero-order valence-electron chi connectivity index (χ0n) is 11.8. The lowest BCUT2D eigenvalue weighted by Crippen LogP contribution is -1.83. The van der Waals surface area contributed by atoms with Gasteiger partial charge in [-0.05, 0) is 42.5 Å². The number of hydrogen-bond acceptors (Lipinski definition) is 0. The molecular formula is C20H20. The highest BCUT2D eigenvalue weighted by Crippen LogP contribution is 2.18. The summed E-state index contributed by atoms with van der Waals surface area (Å²) in [7, 11) is 0. The van der Waals surface area contributed by atoms with E-state index in [1.54, 1.807) is 0 Å². The SMILES string of the molecule is C=C(CCCCC#Cc1ccccc1)c1ccccc1. The first kappa shape index (κ1) is 14.2. The molecule has 0 saturated carbocycles. The molecule has 0 fully saturated rings. The summed E-state index contributed by atoms with van der Waals surface area (Å²) < 4.78 is 0. The lowest BCUT2D eigenvalue weighted by Gasteiger charge is -2.04. The van der Waals surface area contributed by atoms with Crippen LogP contribution in [0.15, 0.2) is 67.2 Å². The number of unbranched alkanes of at least 4 members (excludes halogenated alkanes) is 2. The minimum Gasteiger partial charge on any atom is -0.0979 e. The van der Waals surface area contributed by atoms with E-state index in [1.165, 1.54) is 11.1 Å². The van der Waals surface area contributed by atoms with E-state index >= 15 is 0 Å². The largest absolute Gasteiger partial charge is 0.0979 e. The molecule has 0 unspecified atom stereocenters. The van der Waals surface area contributed by atoms with Gasteiger partial charge in [0.1, 0.15) is 0 Å². The molecule has 0 amide bonds. The molecule has 0 aliphatic heterocycles. The van der Waals surface area contributed by atoms with Gasteiger partial charge < -0.3 is 0 Å². The molecule has 100 valence electrons. The molecule has 0 bridgehead atoms. The zero-order valence-corrected chi connectivity index (χ0v) is 11.8. The van der Waals surface area contributed by atoms with Crippen molar-refractivity contribution in [2.45, 2.75) is 25.7 Å². The topological polar surface area (TPSA) is 0 Å². The highest BCUT2D eigenvalue weighted by atomic mass is 14.0. The summed E-state index contributed by atoms with van der Waals surface area (Å²) in [5, 5.41) is 0. The van der Waals surface area contributed by atoms with Gasteiger partial charge in [0.15, 0.2) is 0 Å². The predicted molar refractivity (Wildman–Crippen MR) is 87.3 cm³/mol. The van der Waals surface area contributed by atoms with Crippen molar-refractivity contribution in [3.05, 3.63) is 78.4 Å². The highest BCUT2D eigenvalue weighted by Gasteiger charge is 1.97. The fraction of sp³-hybridized carbons (Fsp3) is 0.200. The van der Waals surface area contributed by atoms with Crippen LogP contribution in [-0.4, -0.2) is 0 Å². The molecule has 0 spiro atoms. The highest BCUT2D eigenvalue weighted by molar-refractivity contribution is 5.62. The normalized spacial score (nSPS) is 9.60. The minimum absolute atomic E-state index is 0.955. The van der Waals surface area contributed by atoms with Crippen molar-refractivity contribution >= 4 is 5.57 Å². The van der Waals surface area contributed by atoms with E-state index in [1.807, 2.05) is 36.4 Å². The van der Waals surface area contributed by atoms with E-state index in [4.69, 9.17) is 0 Å². The summed E-state index contributed by atoms with van der Waals surface area (Å²) >= 11 is 0. The van der Waals surface area contributed by atoms with Gasteiger partial charge in [-0.15, -0.1) is 0 Å². The van der Waals surface area contributed by atoms with E-state index in [9.17, 15) is 0 Å². The molecule has 0 heterocycles. The maximum Gasteiger partial charge on any atom is 0.0245 e. The standard InChI is InChI=1S/C20H20/c1-18(20-16-10-5-11-17-20)12-6-2-3-7-13-19-14-8-4-9-15-19/h4-5,8-11,14-17H,1-3,6,12H2. The first-order chi connectivity index (χ1) is 9.86. The Morgan fingerprint density at radius 3 is 2.20 bits per heavy atom. The van der Waals surface area contributed by atoms with Crippen molar-refractivity contribution < 1.29 is 0 Å². The monoisotopic (exact) mass is 260 g/mol. The second-order valence-corrected chi connectivity index (χ2v) is 4.84. The molecule has 0 heteroatoms. The molecule has 0 radical (unpaired) electrons. The van der Waals surface area contributed by atoms with Gasteiger partial charge in [-0.1, -0.05) is 67.0 Å². The Labute approximate surface area is 122 Å². The molecule has 2 aromatic rings. The van der Waals surface area contributed by atoms with Crippen LogP contribution in [0.2, 0.25) is 0 Å². The Balaban J connectivity index is 1.68. The van der Waals surface area contributed by atoms with Crippen LogP contribution in [0, 0.1) is 11.8 Å². The Hall–Kier alpha value is -2.26. The molecular weight excluding hydrogens is 240 g/mol. The molecule has 2 aromatic carbocycles. The summed E-state index contributed by atoms with van der Waals surface area (Å²) in [5.74, 6) is 6.43. The van der Waals surface area contributed by atoms with E-state index in [0.717, 1.165) is 31.2 Å². The van der Waals surface area contributed by atoms with E-state index < -0.39 is 0 Å². The average Bonchev–Trinajstić information content (AvgIpc) is 2.52. The van der Waals surface area contributed by atoms with E-state index in [2.05, 4.69) is 42.7 Å². The van der Waals surface area contributed by atoms with Gasteiger partial charge in [0.05, 0.1) is 0 Å². The molecule has 20 heavy (non-hydrogen) atoms. The molecule has 0 N–H and O–H groups in total. The van der Waals surface area contributed by atoms with E-state index in [0.29, 0.717) is 0 Å². The summed E-state index contributed by atoms with van der Waals surface area (Å²) in [5.41, 5.74) is 3.57.